The van der Waals surface area contributed by atoms with Crippen molar-refractivity contribution in [2.45, 2.75) is 13.0 Å². The molecule has 1 aliphatic rings. The Morgan fingerprint density at radius 1 is 1.21 bits per heavy atom. The Hall–Kier alpha value is -3.03. The molecule has 2 N–H and O–H groups in total. The highest BCUT2D eigenvalue weighted by molar-refractivity contribution is 5.97. The number of benzene rings is 1. The molecule has 0 fully saturated rings. The smallest absolute Gasteiger partial charge is 0.251 e. The first-order chi connectivity index (χ1) is 11.7. The van der Waals surface area contributed by atoms with E-state index in [1.807, 2.05) is 10.8 Å². The SMILES string of the molecule is O=C(CNC(=O)c1ccc2c(c1)OCO2)NCCCn1ccnc1. The van der Waals surface area contributed by atoms with Crippen molar-refractivity contribution >= 4 is 11.8 Å². The van der Waals surface area contributed by atoms with Gasteiger partial charge in [0.2, 0.25) is 12.7 Å². The Morgan fingerprint density at radius 2 is 2.08 bits per heavy atom. The number of nitrogens with one attached hydrogen (secondary N) is 2. The second-order valence-corrected chi connectivity index (χ2v) is 5.25. The van der Waals surface area contributed by atoms with Crippen LogP contribution in [-0.2, 0) is 11.3 Å². The van der Waals surface area contributed by atoms with Crippen LogP contribution in [0.5, 0.6) is 11.5 Å². The number of aryl methyl sites for hydroxylation is 1. The largest absolute Gasteiger partial charge is 0.454 e. The third-order valence-corrected chi connectivity index (χ3v) is 3.52. The van der Waals surface area contributed by atoms with Crippen molar-refractivity contribution in [3.8, 4) is 11.5 Å². The number of nitrogens with zero attached hydrogens (tertiary/aromatic N) is 2. The van der Waals surface area contributed by atoms with Crippen molar-refractivity contribution in [2.24, 2.45) is 0 Å². The Morgan fingerprint density at radius 3 is 2.92 bits per heavy atom. The molecule has 24 heavy (non-hydrogen) atoms. The molecule has 2 amide bonds. The van der Waals surface area contributed by atoms with E-state index in [0.29, 0.717) is 23.6 Å². The van der Waals surface area contributed by atoms with E-state index in [4.69, 9.17) is 9.47 Å². The van der Waals surface area contributed by atoms with Gasteiger partial charge in [-0.25, -0.2) is 4.98 Å². The van der Waals surface area contributed by atoms with Gasteiger partial charge in [0, 0.05) is 31.0 Å². The summed E-state index contributed by atoms with van der Waals surface area (Å²) in [6, 6.07) is 4.90. The van der Waals surface area contributed by atoms with Crippen LogP contribution in [0.4, 0.5) is 0 Å². The van der Waals surface area contributed by atoms with Gasteiger partial charge in [0.1, 0.15) is 0 Å². The maximum Gasteiger partial charge on any atom is 0.251 e. The molecule has 2 aromatic rings. The molecule has 8 nitrogen and oxygen atoms in total. The zero-order valence-electron chi connectivity index (χ0n) is 13.0. The number of hydrogen-bond acceptors (Lipinski definition) is 5. The van der Waals surface area contributed by atoms with Crippen LogP contribution in [0.2, 0.25) is 0 Å². The number of amides is 2. The minimum absolute atomic E-state index is 0.0711. The fourth-order valence-electron chi connectivity index (χ4n) is 2.27. The molecule has 0 spiro atoms. The molecule has 0 atom stereocenters. The molecule has 0 saturated carbocycles. The second kappa shape index (κ2) is 7.49. The minimum Gasteiger partial charge on any atom is -0.454 e. The van der Waals surface area contributed by atoms with Crippen LogP contribution >= 0.6 is 0 Å². The Labute approximate surface area is 138 Å². The molecule has 2 heterocycles. The number of carbonyl (C=O) groups excluding carboxylic acids is 2. The molecule has 0 bridgehead atoms. The lowest BCUT2D eigenvalue weighted by Crippen LogP contribution is -2.37. The molecule has 1 aromatic heterocycles. The third-order valence-electron chi connectivity index (χ3n) is 3.52. The van der Waals surface area contributed by atoms with Crippen molar-refractivity contribution in [1.82, 2.24) is 20.2 Å². The highest BCUT2D eigenvalue weighted by atomic mass is 16.7. The van der Waals surface area contributed by atoms with Crippen molar-refractivity contribution in [3.05, 3.63) is 42.5 Å². The van der Waals surface area contributed by atoms with E-state index < -0.39 is 0 Å². The van der Waals surface area contributed by atoms with Gasteiger partial charge in [-0.3, -0.25) is 9.59 Å². The summed E-state index contributed by atoms with van der Waals surface area (Å²) < 4.78 is 12.4. The van der Waals surface area contributed by atoms with E-state index in [1.54, 1.807) is 30.7 Å². The average Bonchev–Trinajstić information content (AvgIpc) is 3.27. The molecule has 1 aliphatic heterocycles. The maximum absolute atomic E-state index is 12.0. The number of ether oxygens (including phenoxy) is 2. The predicted molar refractivity (Wildman–Crippen MR) is 84.8 cm³/mol. The van der Waals surface area contributed by atoms with Crippen LogP contribution in [0.1, 0.15) is 16.8 Å². The average molecular weight is 330 g/mol. The zero-order chi connectivity index (χ0) is 16.8. The van der Waals surface area contributed by atoms with E-state index in [1.165, 1.54) is 0 Å². The van der Waals surface area contributed by atoms with Crippen molar-refractivity contribution in [1.29, 1.82) is 0 Å². The van der Waals surface area contributed by atoms with Crippen LogP contribution in [0.25, 0.3) is 0 Å². The van der Waals surface area contributed by atoms with Gasteiger partial charge in [-0.2, -0.15) is 0 Å². The van der Waals surface area contributed by atoms with Crippen molar-refractivity contribution < 1.29 is 19.1 Å². The van der Waals surface area contributed by atoms with Gasteiger partial charge in [0.05, 0.1) is 12.9 Å². The maximum atomic E-state index is 12.0. The van der Waals surface area contributed by atoms with Crippen LogP contribution in [0.3, 0.4) is 0 Å². The lowest BCUT2D eigenvalue weighted by atomic mass is 10.2. The molecule has 8 heteroatoms. The van der Waals surface area contributed by atoms with Gasteiger partial charge in [-0.15, -0.1) is 0 Å². The van der Waals surface area contributed by atoms with Crippen LogP contribution in [-0.4, -0.2) is 41.2 Å². The summed E-state index contributed by atoms with van der Waals surface area (Å²) in [6.45, 7) is 1.40. The second-order valence-electron chi connectivity index (χ2n) is 5.25. The van der Waals surface area contributed by atoms with Crippen LogP contribution in [0.15, 0.2) is 36.9 Å². The van der Waals surface area contributed by atoms with Crippen molar-refractivity contribution in [3.63, 3.8) is 0 Å². The van der Waals surface area contributed by atoms with Crippen LogP contribution < -0.4 is 20.1 Å². The first-order valence-corrected chi connectivity index (χ1v) is 7.62. The summed E-state index contributed by atoms with van der Waals surface area (Å²) in [7, 11) is 0. The van der Waals surface area contributed by atoms with Gasteiger partial charge in [-0.1, -0.05) is 0 Å². The summed E-state index contributed by atoms with van der Waals surface area (Å²) in [5.41, 5.74) is 0.423. The summed E-state index contributed by atoms with van der Waals surface area (Å²) in [5.74, 6) is 0.588. The molecule has 1 aromatic carbocycles. The fraction of sp³-hybridized carbons (Fsp3) is 0.312. The van der Waals surface area contributed by atoms with E-state index >= 15 is 0 Å². The van der Waals surface area contributed by atoms with Crippen molar-refractivity contribution in [2.75, 3.05) is 19.9 Å². The first kappa shape index (κ1) is 15.9. The number of aromatic nitrogens is 2. The van der Waals surface area contributed by atoms with E-state index in [9.17, 15) is 9.59 Å². The number of fused-ring (bicyclic) bond motifs is 1. The molecule has 126 valence electrons. The lowest BCUT2D eigenvalue weighted by Gasteiger charge is -2.08. The quantitative estimate of drug-likeness (QED) is 0.723. The van der Waals surface area contributed by atoms with Gasteiger partial charge in [0.25, 0.3) is 5.91 Å². The predicted octanol–water partition coefficient (Wildman–Crippen LogP) is 0.548. The summed E-state index contributed by atoms with van der Waals surface area (Å²) in [4.78, 5) is 27.7. The van der Waals surface area contributed by atoms with E-state index in [2.05, 4.69) is 15.6 Å². The molecule has 3 rings (SSSR count). The van der Waals surface area contributed by atoms with Gasteiger partial charge in [-0.05, 0) is 24.6 Å². The first-order valence-electron chi connectivity index (χ1n) is 7.62. The van der Waals surface area contributed by atoms with Gasteiger partial charge in [0.15, 0.2) is 11.5 Å². The Bertz CT molecular complexity index is 715. The molecular formula is C16H18N4O4. The monoisotopic (exact) mass is 330 g/mol. The molecule has 0 radical (unpaired) electrons. The topological polar surface area (TPSA) is 94.5 Å². The molecule has 0 saturated heterocycles. The minimum atomic E-state index is -0.332. The fourth-order valence-corrected chi connectivity index (χ4v) is 2.27. The van der Waals surface area contributed by atoms with E-state index in [-0.39, 0.29) is 25.2 Å². The van der Waals surface area contributed by atoms with Crippen LogP contribution in [0, 0.1) is 0 Å². The van der Waals surface area contributed by atoms with Gasteiger partial charge >= 0.3 is 0 Å². The Balaban J connectivity index is 1.37. The molecular weight excluding hydrogens is 312 g/mol. The summed E-state index contributed by atoms with van der Waals surface area (Å²) >= 11 is 0. The Kier molecular flexibility index (Phi) is 4.95. The van der Waals surface area contributed by atoms with Gasteiger partial charge < -0.3 is 24.7 Å². The van der Waals surface area contributed by atoms with E-state index in [0.717, 1.165) is 13.0 Å². The zero-order valence-corrected chi connectivity index (χ0v) is 13.0. The number of rotatable bonds is 7. The number of carbonyl (C=O) groups is 2. The lowest BCUT2D eigenvalue weighted by molar-refractivity contribution is -0.120. The summed E-state index contributed by atoms with van der Waals surface area (Å²) in [6.07, 6.45) is 6.10. The molecule has 0 unspecified atom stereocenters. The standard InChI is InChI=1S/C16H18N4O4/c21-15(18-4-1-6-20-7-5-17-10-20)9-19-16(22)12-2-3-13-14(8-12)24-11-23-13/h2-3,5,7-8,10H,1,4,6,9,11H2,(H,18,21)(H,19,22). The highest BCUT2D eigenvalue weighted by Gasteiger charge is 2.16. The normalized spacial score (nSPS) is 12.0. The number of hydrogen-bond donors (Lipinski definition) is 2. The highest BCUT2D eigenvalue weighted by Crippen LogP contribution is 2.32. The third kappa shape index (κ3) is 4.03. The molecule has 0 aliphatic carbocycles. The number of imidazole rings is 1. The summed E-state index contributed by atoms with van der Waals surface area (Å²) in [5, 5.41) is 5.34.